The molecule has 0 bridgehead atoms. The lowest BCUT2D eigenvalue weighted by Crippen LogP contribution is -2.74. The van der Waals surface area contributed by atoms with Crippen LogP contribution in [0.3, 0.4) is 0 Å². The van der Waals surface area contributed by atoms with Gasteiger partial charge in [0, 0.05) is 5.56 Å². The second kappa shape index (κ2) is 6.23. The largest absolute Gasteiger partial charge is 0.440 e. The number of esters is 1. The van der Waals surface area contributed by atoms with Gasteiger partial charge >= 0.3 is 11.8 Å². The minimum Gasteiger partial charge on any atom is -0.440 e. The Hall–Kier alpha value is -3.27. The summed E-state index contributed by atoms with van der Waals surface area (Å²) < 4.78 is 17.8. The van der Waals surface area contributed by atoms with Gasteiger partial charge in [-0.3, -0.25) is 0 Å². The predicted molar refractivity (Wildman–Crippen MR) is 96.8 cm³/mol. The quantitative estimate of drug-likeness (QED) is 0.510. The Kier molecular flexibility index (Phi) is 3.88. The van der Waals surface area contributed by atoms with Crippen LogP contribution in [0.5, 0.6) is 11.5 Å². The predicted octanol–water partition coefficient (Wildman–Crippen LogP) is 4.31. The molecule has 0 amide bonds. The summed E-state index contributed by atoms with van der Waals surface area (Å²) in [5, 5.41) is 0. The molecule has 0 radical (unpaired) electrons. The number of carbonyl (C=O) groups excluding carboxylic acids is 1. The number of ether oxygens (including phenoxy) is 3. The van der Waals surface area contributed by atoms with E-state index in [2.05, 4.69) is 0 Å². The first-order valence-corrected chi connectivity index (χ1v) is 8.41. The van der Waals surface area contributed by atoms with E-state index >= 15 is 0 Å². The average molecular weight is 346 g/mol. The number of rotatable bonds is 5. The van der Waals surface area contributed by atoms with Crippen molar-refractivity contribution in [3.8, 4) is 11.5 Å². The van der Waals surface area contributed by atoms with Crippen LogP contribution in [0.15, 0.2) is 91.0 Å². The van der Waals surface area contributed by atoms with Crippen molar-refractivity contribution in [2.75, 3.05) is 0 Å². The van der Waals surface area contributed by atoms with Gasteiger partial charge in [0.05, 0.1) is 0 Å². The molecule has 1 aliphatic rings. The van der Waals surface area contributed by atoms with E-state index in [4.69, 9.17) is 14.2 Å². The molecule has 130 valence electrons. The van der Waals surface area contributed by atoms with E-state index in [9.17, 15) is 4.79 Å². The molecular weight excluding hydrogens is 328 g/mol. The molecule has 1 aliphatic heterocycles. The van der Waals surface area contributed by atoms with E-state index in [1.807, 2.05) is 66.7 Å². The Morgan fingerprint density at radius 2 is 1.12 bits per heavy atom. The third-order valence-corrected chi connectivity index (χ3v) is 4.53. The van der Waals surface area contributed by atoms with Crippen LogP contribution < -0.4 is 9.47 Å². The Balaban J connectivity index is 1.80. The number of hydrogen-bond donors (Lipinski definition) is 0. The first kappa shape index (κ1) is 16.2. The second-order valence-electron chi connectivity index (χ2n) is 6.24. The van der Waals surface area contributed by atoms with Crippen molar-refractivity contribution >= 4 is 5.97 Å². The van der Waals surface area contributed by atoms with Crippen molar-refractivity contribution in [2.45, 2.75) is 18.3 Å². The summed E-state index contributed by atoms with van der Waals surface area (Å²) in [6.45, 7) is 1.80. The summed E-state index contributed by atoms with van der Waals surface area (Å²) in [5.74, 6) is -1.11. The van der Waals surface area contributed by atoms with Crippen molar-refractivity contribution < 1.29 is 19.0 Å². The SMILES string of the molecule is CC1(c2ccccc2)OC(=O)C1(Oc1ccccc1)Oc1ccccc1. The van der Waals surface area contributed by atoms with Gasteiger partial charge in [-0.15, -0.1) is 0 Å². The van der Waals surface area contributed by atoms with Crippen LogP contribution in [0.25, 0.3) is 0 Å². The summed E-state index contributed by atoms with van der Waals surface area (Å²) in [7, 11) is 0. The molecule has 26 heavy (non-hydrogen) atoms. The van der Waals surface area contributed by atoms with Crippen molar-refractivity contribution in [2.24, 2.45) is 0 Å². The molecule has 0 N–H and O–H groups in total. The Labute approximate surface area is 152 Å². The highest BCUT2D eigenvalue weighted by Gasteiger charge is 2.74. The van der Waals surface area contributed by atoms with Crippen LogP contribution in [-0.2, 0) is 15.1 Å². The molecule has 0 aliphatic carbocycles. The van der Waals surface area contributed by atoms with Gasteiger partial charge in [0.1, 0.15) is 11.5 Å². The molecule has 1 saturated heterocycles. The van der Waals surface area contributed by atoms with E-state index in [1.54, 1.807) is 31.2 Å². The van der Waals surface area contributed by atoms with Gasteiger partial charge in [0.2, 0.25) is 5.60 Å². The highest BCUT2D eigenvalue weighted by molar-refractivity contribution is 5.87. The Morgan fingerprint density at radius 1 is 0.692 bits per heavy atom. The van der Waals surface area contributed by atoms with Crippen LogP contribution in [0.1, 0.15) is 12.5 Å². The molecule has 0 aromatic heterocycles. The molecule has 3 aromatic rings. The zero-order valence-corrected chi connectivity index (χ0v) is 14.3. The molecule has 1 fully saturated rings. The highest BCUT2D eigenvalue weighted by Crippen LogP contribution is 2.49. The number of carbonyl (C=O) groups is 1. The van der Waals surface area contributed by atoms with Crippen molar-refractivity contribution in [3.63, 3.8) is 0 Å². The van der Waals surface area contributed by atoms with Crippen LogP contribution >= 0.6 is 0 Å². The maximum absolute atomic E-state index is 12.7. The second-order valence-corrected chi connectivity index (χ2v) is 6.24. The standard InChI is InChI=1S/C22H18O4/c1-21(17-11-5-2-6-12-17)22(20(23)26-21,24-18-13-7-3-8-14-18)25-19-15-9-4-10-16-19/h2-16H,1H3. The monoisotopic (exact) mass is 346 g/mol. The molecule has 0 spiro atoms. The zero-order valence-electron chi connectivity index (χ0n) is 14.3. The third kappa shape index (κ3) is 2.51. The minimum atomic E-state index is -1.61. The number of cyclic esters (lactones) is 1. The lowest BCUT2D eigenvalue weighted by atomic mass is 9.81. The number of benzene rings is 3. The molecule has 1 heterocycles. The third-order valence-electron chi connectivity index (χ3n) is 4.53. The topological polar surface area (TPSA) is 44.8 Å². The van der Waals surface area contributed by atoms with Gasteiger partial charge in [-0.25, -0.2) is 4.79 Å². The summed E-state index contributed by atoms with van der Waals surface area (Å²) in [6.07, 6.45) is 0. The average Bonchev–Trinajstić information content (AvgIpc) is 2.69. The first-order chi connectivity index (χ1) is 12.6. The van der Waals surface area contributed by atoms with Crippen LogP contribution in [-0.4, -0.2) is 11.8 Å². The van der Waals surface area contributed by atoms with Crippen LogP contribution in [0.4, 0.5) is 0 Å². The van der Waals surface area contributed by atoms with E-state index in [-0.39, 0.29) is 0 Å². The lowest BCUT2D eigenvalue weighted by Gasteiger charge is -2.52. The fraction of sp³-hybridized carbons (Fsp3) is 0.136. The maximum atomic E-state index is 12.7. The van der Waals surface area contributed by atoms with Crippen molar-refractivity contribution in [3.05, 3.63) is 96.6 Å². The smallest absolute Gasteiger partial charge is 0.399 e. The highest BCUT2D eigenvalue weighted by atomic mass is 16.8. The number of para-hydroxylation sites is 2. The number of hydrogen-bond acceptors (Lipinski definition) is 4. The molecule has 0 saturated carbocycles. The van der Waals surface area contributed by atoms with Crippen molar-refractivity contribution in [1.82, 2.24) is 0 Å². The molecule has 1 unspecified atom stereocenters. The van der Waals surface area contributed by atoms with Gasteiger partial charge in [-0.05, 0) is 31.2 Å². The first-order valence-electron chi connectivity index (χ1n) is 8.41. The lowest BCUT2D eigenvalue weighted by molar-refractivity contribution is -0.319. The van der Waals surface area contributed by atoms with Crippen molar-refractivity contribution in [1.29, 1.82) is 0 Å². The fourth-order valence-electron chi connectivity index (χ4n) is 3.08. The maximum Gasteiger partial charge on any atom is 0.399 e. The van der Waals surface area contributed by atoms with Gasteiger partial charge < -0.3 is 14.2 Å². The molecule has 4 heteroatoms. The van der Waals surface area contributed by atoms with Gasteiger partial charge in [0.25, 0.3) is 0 Å². The normalized spacial score (nSPS) is 20.6. The van der Waals surface area contributed by atoms with Gasteiger partial charge in [-0.2, -0.15) is 0 Å². The fourth-order valence-corrected chi connectivity index (χ4v) is 3.08. The summed E-state index contributed by atoms with van der Waals surface area (Å²) in [6, 6.07) is 27.8. The van der Waals surface area contributed by atoms with Gasteiger partial charge in [0.15, 0.2) is 0 Å². The van der Waals surface area contributed by atoms with Crippen LogP contribution in [0.2, 0.25) is 0 Å². The molecule has 4 rings (SSSR count). The van der Waals surface area contributed by atoms with E-state index in [0.29, 0.717) is 11.5 Å². The van der Waals surface area contributed by atoms with E-state index in [0.717, 1.165) is 5.56 Å². The van der Waals surface area contributed by atoms with E-state index < -0.39 is 17.4 Å². The molecule has 3 aromatic carbocycles. The Bertz CT molecular complexity index is 852. The Morgan fingerprint density at radius 3 is 1.54 bits per heavy atom. The zero-order chi connectivity index (χ0) is 18.0. The summed E-state index contributed by atoms with van der Waals surface area (Å²) in [4.78, 5) is 12.7. The van der Waals surface area contributed by atoms with Crippen LogP contribution in [0, 0.1) is 0 Å². The van der Waals surface area contributed by atoms with Gasteiger partial charge in [-0.1, -0.05) is 66.7 Å². The summed E-state index contributed by atoms with van der Waals surface area (Å²) >= 11 is 0. The van der Waals surface area contributed by atoms with E-state index in [1.165, 1.54) is 0 Å². The minimum absolute atomic E-state index is 0.530. The molecule has 1 atom stereocenters. The summed E-state index contributed by atoms with van der Waals surface area (Å²) in [5.41, 5.74) is -0.289. The molecule has 4 nitrogen and oxygen atoms in total. The molecular formula is C22H18O4.